The summed E-state index contributed by atoms with van der Waals surface area (Å²) in [6.45, 7) is 2.33. The third kappa shape index (κ3) is 4.48. The Morgan fingerprint density at radius 2 is 1.28 bits per heavy atom. The first-order chi connectivity index (χ1) is 17.1. The summed E-state index contributed by atoms with van der Waals surface area (Å²) in [7, 11) is -3.76. The van der Waals surface area contributed by atoms with Crippen LogP contribution in [0, 0.1) is 11.6 Å². The Morgan fingerprint density at radius 1 is 0.806 bits per heavy atom. The summed E-state index contributed by atoms with van der Waals surface area (Å²) < 4.78 is 53.6. The van der Waals surface area contributed by atoms with Crippen molar-refractivity contribution in [3.8, 4) is 0 Å². The van der Waals surface area contributed by atoms with Gasteiger partial charge in [0.25, 0.3) is 0 Å². The Hall–Kier alpha value is -2.29. The molecule has 0 spiro atoms. The quantitative estimate of drug-likeness (QED) is 0.381. The molecule has 0 unspecified atom stereocenters. The molecule has 2 aliphatic heterocycles. The van der Waals surface area contributed by atoms with Gasteiger partial charge in [-0.25, -0.2) is 17.2 Å². The maximum Gasteiger partial charge on any atom is 0.176 e. The van der Waals surface area contributed by atoms with E-state index < -0.39 is 27.1 Å². The van der Waals surface area contributed by atoms with E-state index in [0.717, 1.165) is 55.1 Å². The van der Waals surface area contributed by atoms with Crippen LogP contribution in [-0.4, -0.2) is 50.7 Å². The summed E-state index contributed by atoms with van der Waals surface area (Å²) in [5.74, 6) is -1.64. The van der Waals surface area contributed by atoms with Gasteiger partial charge in [-0.15, -0.1) is 0 Å². The number of likely N-dealkylation sites (tertiary alicyclic amines) is 2. The fraction of sp³-hybridized carbons (Fsp3) is 0.259. The molecule has 3 aromatic carbocycles. The molecule has 0 saturated carbocycles. The lowest BCUT2D eigenvalue weighted by atomic mass is 9.82. The molecular formula is C27H24Cl2F2N2O2S. The predicted molar refractivity (Wildman–Crippen MR) is 140 cm³/mol. The molecule has 5 rings (SSSR count). The van der Waals surface area contributed by atoms with Gasteiger partial charge in [-0.05, 0) is 65.1 Å². The van der Waals surface area contributed by atoms with Gasteiger partial charge in [0.15, 0.2) is 9.84 Å². The standard InChI is InChI=1S/C27H24Cl2F2N2O2S/c1-36(34,35)26(18-13-24(30)15-25(31)14-18)19-16-33(17-19)27(32-11-2-12-32,20-3-7-22(28)8-4-20)21-5-9-23(29)10-6-21/h3-10,13-15H,2,11-12,16-17H2,1H3. The maximum atomic E-state index is 14.0. The molecule has 0 aliphatic carbocycles. The maximum absolute atomic E-state index is 14.0. The number of benzene rings is 3. The number of sulfone groups is 1. The van der Waals surface area contributed by atoms with Gasteiger partial charge in [0.05, 0.1) is 4.91 Å². The van der Waals surface area contributed by atoms with Crippen LogP contribution < -0.4 is 0 Å². The van der Waals surface area contributed by atoms with E-state index in [1.807, 2.05) is 48.5 Å². The average Bonchev–Trinajstić information content (AvgIpc) is 2.73. The first-order valence-electron chi connectivity index (χ1n) is 11.5. The van der Waals surface area contributed by atoms with Gasteiger partial charge >= 0.3 is 0 Å². The zero-order valence-corrected chi connectivity index (χ0v) is 21.8. The van der Waals surface area contributed by atoms with Crippen LogP contribution in [-0.2, 0) is 15.5 Å². The molecule has 0 atom stereocenters. The lowest BCUT2D eigenvalue weighted by Gasteiger charge is -2.58. The molecule has 188 valence electrons. The molecule has 9 heteroatoms. The predicted octanol–water partition coefficient (Wildman–Crippen LogP) is 5.95. The largest absolute Gasteiger partial charge is 0.278 e. The molecule has 0 aromatic heterocycles. The third-order valence-electron chi connectivity index (χ3n) is 6.84. The van der Waals surface area contributed by atoms with Crippen LogP contribution in [0.5, 0.6) is 0 Å². The lowest BCUT2D eigenvalue weighted by molar-refractivity contribution is -0.0782. The Morgan fingerprint density at radius 3 is 1.67 bits per heavy atom. The topological polar surface area (TPSA) is 40.6 Å². The number of hydrogen-bond acceptors (Lipinski definition) is 4. The number of halogens is 4. The van der Waals surface area contributed by atoms with E-state index in [0.29, 0.717) is 28.7 Å². The highest BCUT2D eigenvalue weighted by atomic mass is 35.5. The van der Waals surface area contributed by atoms with E-state index in [2.05, 4.69) is 9.80 Å². The summed E-state index contributed by atoms with van der Waals surface area (Å²) in [5, 5.41) is 1.23. The van der Waals surface area contributed by atoms with Crippen molar-refractivity contribution in [1.29, 1.82) is 0 Å². The van der Waals surface area contributed by atoms with Gasteiger partial charge in [-0.1, -0.05) is 47.5 Å². The van der Waals surface area contributed by atoms with Crippen LogP contribution in [0.2, 0.25) is 10.0 Å². The second-order valence-electron chi connectivity index (χ2n) is 9.25. The second kappa shape index (κ2) is 9.54. The summed E-state index contributed by atoms with van der Waals surface area (Å²) in [5.41, 5.74) is 1.93. The van der Waals surface area contributed by atoms with Crippen molar-refractivity contribution in [3.05, 3.63) is 111 Å². The fourth-order valence-electron chi connectivity index (χ4n) is 5.25. The third-order valence-corrected chi connectivity index (χ3v) is 8.61. The van der Waals surface area contributed by atoms with Crippen molar-refractivity contribution in [2.45, 2.75) is 12.1 Å². The van der Waals surface area contributed by atoms with Crippen LogP contribution in [0.4, 0.5) is 8.78 Å². The molecule has 3 aromatic rings. The SMILES string of the molecule is CS(=O)(=O)C(=C1CN(C(c2ccc(Cl)cc2)(c2ccc(Cl)cc2)N2CCC2)C1)c1cc(F)cc(F)c1. The van der Waals surface area contributed by atoms with Crippen molar-refractivity contribution in [3.63, 3.8) is 0 Å². The van der Waals surface area contributed by atoms with E-state index in [-0.39, 0.29) is 10.5 Å². The zero-order chi connectivity index (χ0) is 25.7. The Kier molecular flexibility index (Phi) is 6.72. The second-order valence-corrected chi connectivity index (χ2v) is 12.1. The zero-order valence-electron chi connectivity index (χ0n) is 19.5. The van der Waals surface area contributed by atoms with Gasteiger partial charge in [-0.3, -0.25) is 9.80 Å². The van der Waals surface area contributed by atoms with Crippen LogP contribution in [0.25, 0.3) is 4.91 Å². The van der Waals surface area contributed by atoms with Crippen molar-refractivity contribution >= 4 is 37.9 Å². The highest BCUT2D eigenvalue weighted by Gasteiger charge is 2.51. The van der Waals surface area contributed by atoms with Gasteiger partial charge in [0.2, 0.25) is 0 Å². The van der Waals surface area contributed by atoms with Gasteiger partial charge < -0.3 is 0 Å². The van der Waals surface area contributed by atoms with E-state index in [9.17, 15) is 17.2 Å². The highest BCUT2D eigenvalue weighted by Crippen LogP contribution is 2.47. The van der Waals surface area contributed by atoms with Crippen LogP contribution in [0.3, 0.4) is 0 Å². The number of hydrogen-bond donors (Lipinski definition) is 0. The van der Waals surface area contributed by atoms with Crippen LogP contribution >= 0.6 is 23.2 Å². The summed E-state index contributed by atoms with van der Waals surface area (Å²) in [6, 6.07) is 18.2. The van der Waals surface area contributed by atoms with Gasteiger partial charge in [-0.2, -0.15) is 0 Å². The fourth-order valence-corrected chi connectivity index (χ4v) is 6.71. The van der Waals surface area contributed by atoms with E-state index in [1.54, 1.807) is 0 Å². The van der Waals surface area contributed by atoms with Crippen molar-refractivity contribution < 1.29 is 17.2 Å². The summed E-state index contributed by atoms with van der Waals surface area (Å²) in [6.07, 6.45) is 2.11. The molecule has 2 saturated heterocycles. The van der Waals surface area contributed by atoms with Gasteiger partial charge in [0.1, 0.15) is 17.3 Å². The first kappa shape index (κ1) is 25.4. The molecule has 0 bridgehead atoms. The van der Waals surface area contributed by atoms with E-state index in [1.165, 1.54) is 0 Å². The minimum absolute atomic E-state index is 0.0252. The summed E-state index contributed by atoms with van der Waals surface area (Å²) in [4.78, 5) is 4.51. The molecule has 4 nitrogen and oxygen atoms in total. The molecule has 36 heavy (non-hydrogen) atoms. The molecule has 0 amide bonds. The monoisotopic (exact) mass is 548 g/mol. The number of nitrogens with zero attached hydrogens (tertiary/aromatic N) is 2. The lowest BCUT2D eigenvalue weighted by Crippen LogP contribution is -2.67. The Bertz CT molecular complexity index is 1360. The molecular weight excluding hydrogens is 525 g/mol. The Balaban J connectivity index is 1.65. The molecule has 0 radical (unpaired) electrons. The van der Waals surface area contributed by atoms with Crippen molar-refractivity contribution in [2.24, 2.45) is 0 Å². The smallest absolute Gasteiger partial charge is 0.176 e. The minimum Gasteiger partial charge on any atom is -0.278 e. The molecule has 2 fully saturated rings. The average molecular weight is 549 g/mol. The summed E-state index contributed by atoms with van der Waals surface area (Å²) >= 11 is 12.4. The van der Waals surface area contributed by atoms with E-state index in [4.69, 9.17) is 23.2 Å². The molecule has 2 aliphatic rings. The highest BCUT2D eigenvalue weighted by molar-refractivity contribution is 8.00. The van der Waals surface area contributed by atoms with Gasteiger partial charge in [0, 0.05) is 48.5 Å². The van der Waals surface area contributed by atoms with Crippen LogP contribution in [0.15, 0.2) is 72.3 Å². The number of rotatable bonds is 6. The molecule has 0 N–H and O–H groups in total. The van der Waals surface area contributed by atoms with Crippen molar-refractivity contribution in [2.75, 3.05) is 32.4 Å². The van der Waals surface area contributed by atoms with Crippen molar-refractivity contribution in [1.82, 2.24) is 9.80 Å². The first-order valence-corrected chi connectivity index (χ1v) is 14.1. The van der Waals surface area contributed by atoms with Crippen LogP contribution in [0.1, 0.15) is 23.1 Å². The van der Waals surface area contributed by atoms with E-state index >= 15 is 0 Å². The normalized spacial score (nSPS) is 17.0. The Labute approximate surface area is 219 Å². The minimum atomic E-state index is -3.76. The molecule has 2 heterocycles.